The van der Waals surface area contributed by atoms with Gasteiger partial charge in [0.25, 0.3) is 0 Å². The maximum Gasteiger partial charge on any atom is 0.307 e. The molecule has 0 bridgehead atoms. The Hall–Kier alpha value is -1.10. The number of aliphatic carboxylic acids is 1. The van der Waals surface area contributed by atoms with E-state index < -0.39 is 11.9 Å². The Morgan fingerprint density at radius 3 is 2.47 bits per heavy atom. The topological polar surface area (TPSA) is 66.8 Å². The van der Waals surface area contributed by atoms with Crippen LogP contribution in [0.4, 0.5) is 0 Å². The summed E-state index contributed by atoms with van der Waals surface area (Å²) in [5, 5.41) is 8.92. The molecule has 1 heterocycles. The van der Waals surface area contributed by atoms with Gasteiger partial charge in [-0.05, 0) is 25.7 Å². The molecule has 3 atom stereocenters. The normalized spacial score (nSPS) is 31.9. The summed E-state index contributed by atoms with van der Waals surface area (Å²) in [6, 6.07) is 0. The van der Waals surface area contributed by atoms with Crippen LogP contribution in [0.5, 0.6) is 0 Å². The van der Waals surface area contributed by atoms with Crippen molar-refractivity contribution in [1.82, 2.24) is 4.90 Å². The second-order valence-corrected chi connectivity index (χ2v) is 4.98. The van der Waals surface area contributed by atoms with Crippen LogP contribution in [0.1, 0.15) is 25.7 Å². The monoisotopic (exact) mass is 241 g/mol. The Morgan fingerprint density at radius 2 is 2.00 bits per heavy atom. The standard InChI is InChI=1S/C12H19NO4/c1-13(7-8-3-2-6-17-8)11(14)9-4-5-10(9)12(15)16/h8-10H,2-7H2,1H3,(H,15,16)/t8-,9?,10?/m0/s1. The van der Waals surface area contributed by atoms with Crippen molar-refractivity contribution in [2.75, 3.05) is 20.2 Å². The molecule has 0 spiro atoms. The Balaban J connectivity index is 1.84. The molecular weight excluding hydrogens is 222 g/mol. The third-order valence-electron chi connectivity index (χ3n) is 3.79. The smallest absolute Gasteiger partial charge is 0.307 e. The lowest BCUT2D eigenvalue weighted by Crippen LogP contribution is -2.46. The van der Waals surface area contributed by atoms with Gasteiger partial charge in [-0.15, -0.1) is 0 Å². The highest BCUT2D eigenvalue weighted by atomic mass is 16.5. The number of nitrogens with zero attached hydrogens (tertiary/aromatic N) is 1. The van der Waals surface area contributed by atoms with E-state index in [4.69, 9.17) is 9.84 Å². The van der Waals surface area contributed by atoms with Crippen LogP contribution >= 0.6 is 0 Å². The van der Waals surface area contributed by atoms with E-state index in [1.54, 1.807) is 11.9 Å². The first-order valence-electron chi connectivity index (χ1n) is 6.19. The molecule has 1 N–H and O–H groups in total. The van der Waals surface area contributed by atoms with Crippen molar-refractivity contribution in [3.05, 3.63) is 0 Å². The lowest BCUT2D eigenvalue weighted by molar-refractivity contribution is -0.156. The van der Waals surface area contributed by atoms with Crippen molar-refractivity contribution >= 4 is 11.9 Å². The minimum Gasteiger partial charge on any atom is -0.481 e. The largest absolute Gasteiger partial charge is 0.481 e. The average molecular weight is 241 g/mol. The summed E-state index contributed by atoms with van der Waals surface area (Å²) >= 11 is 0. The third kappa shape index (κ3) is 2.60. The highest BCUT2D eigenvalue weighted by Gasteiger charge is 2.42. The molecule has 5 heteroatoms. The fraction of sp³-hybridized carbons (Fsp3) is 0.833. The zero-order chi connectivity index (χ0) is 12.4. The van der Waals surface area contributed by atoms with Gasteiger partial charge in [0, 0.05) is 20.2 Å². The average Bonchev–Trinajstić information content (AvgIpc) is 2.67. The summed E-state index contributed by atoms with van der Waals surface area (Å²) in [6.07, 6.45) is 3.50. The van der Waals surface area contributed by atoms with E-state index >= 15 is 0 Å². The number of rotatable bonds is 4. The quantitative estimate of drug-likeness (QED) is 0.788. The van der Waals surface area contributed by atoms with Gasteiger partial charge in [-0.3, -0.25) is 9.59 Å². The van der Waals surface area contributed by atoms with Gasteiger partial charge in [0.1, 0.15) is 0 Å². The third-order valence-corrected chi connectivity index (χ3v) is 3.79. The van der Waals surface area contributed by atoms with E-state index in [0.29, 0.717) is 19.4 Å². The molecule has 0 aromatic carbocycles. The van der Waals surface area contributed by atoms with E-state index in [-0.39, 0.29) is 17.9 Å². The van der Waals surface area contributed by atoms with Gasteiger partial charge in [-0.1, -0.05) is 0 Å². The molecule has 5 nitrogen and oxygen atoms in total. The van der Waals surface area contributed by atoms with Gasteiger partial charge in [0.2, 0.25) is 5.91 Å². The highest BCUT2D eigenvalue weighted by Crippen LogP contribution is 2.35. The molecule has 0 aromatic rings. The van der Waals surface area contributed by atoms with Crippen LogP contribution in [0, 0.1) is 11.8 Å². The Kier molecular flexibility index (Phi) is 3.66. The Morgan fingerprint density at radius 1 is 1.29 bits per heavy atom. The molecule has 1 saturated heterocycles. The number of carboxylic acids is 1. The second-order valence-electron chi connectivity index (χ2n) is 4.98. The van der Waals surface area contributed by atoms with Crippen molar-refractivity contribution in [2.24, 2.45) is 11.8 Å². The molecule has 1 saturated carbocycles. The molecule has 0 aromatic heterocycles. The molecule has 2 aliphatic rings. The molecule has 96 valence electrons. The highest BCUT2D eigenvalue weighted by molar-refractivity contribution is 5.86. The number of carbonyl (C=O) groups is 2. The Labute approximate surface area is 101 Å². The van der Waals surface area contributed by atoms with Gasteiger partial charge in [0.05, 0.1) is 17.9 Å². The van der Waals surface area contributed by atoms with Crippen LogP contribution in [-0.2, 0) is 14.3 Å². The summed E-state index contributed by atoms with van der Waals surface area (Å²) in [5.74, 6) is -1.69. The molecule has 2 rings (SSSR count). The molecule has 17 heavy (non-hydrogen) atoms. The predicted molar refractivity (Wildman–Crippen MR) is 60.5 cm³/mol. The van der Waals surface area contributed by atoms with Gasteiger partial charge in [-0.2, -0.15) is 0 Å². The van der Waals surface area contributed by atoms with E-state index in [0.717, 1.165) is 19.4 Å². The maximum absolute atomic E-state index is 12.0. The molecule has 0 radical (unpaired) electrons. The van der Waals surface area contributed by atoms with Gasteiger partial charge in [0.15, 0.2) is 0 Å². The minimum absolute atomic E-state index is 0.0425. The maximum atomic E-state index is 12.0. The fourth-order valence-corrected chi connectivity index (χ4v) is 2.56. The van der Waals surface area contributed by atoms with Crippen molar-refractivity contribution < 1.29 is 19.4 Å². The van der Waals surface area contributed by atoms with Crippen LogP contribution in [0.15, 0.2) is 0 Å². The van der Waals surface area contributed by atoms with Crippen LogP contribution in [0.25, 0.3) is 0 Å². The van der Waals surface area contributed by atoms with Crippen LogP contribution in [0.3, 0.4) is 0 Å². The number of carboxylic acid groups (broad SMARTS) is 1. The first kappa shape index (κ1) is 12.4. The van der Waals surface area contributed by atoms with Crippen molar-refractivity contribution in [3.8, 4) is 0 Å². The number of likely N-dealkylation sites (N-methyl/N-ethyl adjacent to an activating group) is 1. The number of hydrogen-bond acceptors (Lipinski definition) is 3. The number of ether oxygens (including phenoxy) is 1. The second kappa shape index (κ2) is 5.04. The first-order valence-corrected chi connectivity index (χ1v) is 6.19. The van der Waals surface area contributed by atoms with E-state index in [2.05, 4.69) is 0 Å². The minimum atomic E-state index is -0.847. The molecule has 1 amide bonds. The fourth-order valence-electron chi connectivity index (χ4n) is 2.56. The zero-order valence-electron chi connectivity index (χ0n) is 10.1. The van der Waals surface area contributed by atoms with Crippen molar-refractivity contribution in [3.63, 3.8) is 0 Å². The summed E-state index contributed by atoms with van der Waals surface area (Å²) < 4.78 is 5.47. The van der Waals surface area contributed by atoms with E-state index in [9.17, 15) is 9.59 Å². The molecule has 1 aliphatic heterocycles. The lowest BCUT2D eigenvalue weighted by Gasteiger charge is -2.35. The van der Waals surface area contributed by atoms with Gasteiger partial charge >= 0.3 is 5.97 Å². The number of carbonyl (C=O) groups excluding carboxylic acids is 1. The molecule has 2 unspecified atom stereocenters. The predicted octanol–water partition coefficient (Wildman–Crippen LogP) is 0.735. The van der Waals surface area contributed by atoms with E-state index in [1.165, 1.54) is 0 Å². The summed E-state index contributed by atoms with van der Waals surface area (Å²) in [6.45, 7) is 1.36. The van der Waals surface area contributed by atoms with Crippen LogP contribution in [-0.4, -0.2) is 48.2 Å². The van der Waals surface area contributed by atoms with Crippen LogP contribution < -0.4 is 0 Å². The van der Waals surface area contributed by atoms with Crippen molar-refractivity contribution in [2.45, 2.75) is 31.8 Å². The molecular formula is C12H19NO4. The zero-order valence-corrected chi connectivity index (χ0v) is 10.1. The Bertz CT molecular complexity index is 312. The molecule has 1 aliphatic carbocycles. The van der Waals surface area contributed by atoms with Gasteiger partial charge < -0.3 is 14.7 Å². The summed E-state index contributed by atoms with van der Waals surface area (Å²) in [7, 11) is 1.74. The lowest BCUT2D eigenvalue weighted by atomic mass is 9.73. The first-order chi connectivity index (χ1) is 8.09. The van der Waals surface area contributed by atoms with E-state index in [1.807, 2.05) is 0 Å². The summed E-state index contributed by atoms with van der Waals surface area (Å²) in [5.41, 5.74) is 0. The van der Waals surface area contributed by atoms with Gasteiger partial charge in [-0.25, -0.2) is 0 Å². The number of hydrogen-bond donors (Lipinski definition) is 1. The summed E-state index contributed by atoms with van der Waals surface area (Å²) in [4.78, 5) is 24.5. The molecule has 2 fully saturated rings. The SMILES string of the molecule is CN(C[C@@H]1CCCO1)C(=O)C1CCC1C(=O)O. The number of amides is 1. The van der Waals surface area contributed by atoms with Crippen LogP contribution in [0.2, 0.25) is 0 Å². The van der Waals surface area contributed by atoms with Crippen molar-refractivity contribution in [1.29, 1.82) is 0 Å².